The predicted molar refractivity (Wildman–Crippen MR) is 50.0 cm³/mol. The highest BCUT2D eigenvalue weighted by atomic mass is 32.2. The summed E-state index contributed by atoms with van der Waals surface area (Å²) in [6.07, 6.45) is 1.31. The van der Waals surface area contributed by atoms with Crippen molar-refractivity contribution in [1.82, 2.24) is 4.72 Å². The van der Waals surface area contributed by atoms with Crippen LogP contribution in [0.4, 0.5) is 5.69 Å². The van der Waals surface area contributed by atoms with E-state index in [1.54, 1.807) is 0 Å². The summed E-state index contributed by atoms with van der Waals surface area (Å²) >= 11 is 0. The Kier molecular flexibility index (Phi) is 3.33. The van der Waals surface area contributed by atoms with Gasteiger partial charge < -0.3 is 14.8 Å². The highest BCUT2D eigenvalue weighted by Crippen LogP contribution is 2.17. The summed E-state index contributed by atoms with van der Waals surface area (Å²) in [5.74, 6) is -0.202. The van der Waals surface area contributed by atoms with Gasteiger partial charge in [-0.25, -0.2) is 9.86 Å². The van der Waals surface area contributed by atoms with Crippen molar-refractivity contribution < 1.29 is 17.9 Å². The molecule has 0 fully saturated rings. The van der Waals surface area contributed by atoms with Gasteiger partial charge in [0.25, 0.3) is 16.2 Å². The molecule has 1 aromatic rings. The van der Waals surface area contributed by atoms with Gasteiger partial charge in [-0.3, -0.25) is 0 Å². The van der Waals surface area contributed by atoms with Gasteiger partial charge >= 0.3 is 0 Å². The number of rotatable bonds is 5. The molecule has 0 spiro atoms. The lowest BCUT2D eigenvalue weighted by molar-refractivity contribution is 0.332. The Balaban J connectivity index is 2.23. The first-order chi connectivity index (χ1) is 6.47. The lowest BCUT2D eigenvalue weighted by Gasteiger charge is -2.02. The van der Waals surface area contributed by atoms with Crippen LogP contribution < -0.4 is 15.2 Å². The molecule has 14 heavy (non-hydrogen) atoms. The van der Waals surface area contributed by atoms with Crippen LogP contribution in [0, 0.1) is 0 Å². The van der Waals surface area contributed by atoms with E-state index in [9.17, 15) is 8.42 Å². The third-order valence-corrected chi connectivity index (χ3v) is 1.95. The molecule has 1 heterocycles. The molecule has 0 unspecified atom stereocenters. The van der Waals surface area contributed by atoms with E-state index >= 15 is 0 Å². The zero-order valence-electron chi connectivity index (χ0n) is 7.23. The molecule has 8 heteroatoms. The minimum Gasteiger partial charge on any atom is -0.481 e. The number of anilines is 1. The summed E-state index contributed by atoms with van der Waals surface area (Å²) in [7, 11) is -3.64. The van der Waals surface area contributed by atoms with Gasteiger partial charge in [0.05, 0.1) is 5.69 Å². The van der Waals surface area contributed by atoms with Crippen LogP contribution in [0.2, 0.25) is 0 Å². The van der Waals surface area contributed by atoms with E-state index in [1.165, 1.54) is 12.3 Å². The first-order valence-corrected chi connectivity index (χ1v) is 5.31. The monoisotopic (exact) mass is 221 g/mol. The van der Waals surface area contributed by atoms with E-state index < -0.39 is 10.2 Å². The quantitative estimate of drug-likeness (QED) is 0.485. The van der Waals surface area contributed by atoms with Crippen LogP contribution >= 0.6 is 0 Å². The third-order valence-electron chi connectivity index (χ3n) is 1.34. The summed E-state index contributed by atoms with van der Waals surface area (Å²) in [6, 6.07) is 1.37. The van der Waals surface area contributed by atoms with Crippen LogP contribution in [0.3, 0.4) is 0 Å². The van der Waals surface area contributed by atoms with Gasteiger partial charge in [0, 0.05) is 19.2 Å². The topological polar surface area (TPSA) is 118 Å². The van der Waals surface area contributed by atoms with E-state index in [2.05, 4.69) is 14.5 Å². The molecule has 0 atom stereocenters. The Morgan fingerprint density at radius 3 is 2.71 bits per heavy atom. The van der Waals surface area contributed by atoms with Crippen molar-refractivity contribution in [3.05, 3.63) is 12.3 Å². The summed E-state index contributed by atoms with van der Waals surface area (Å²) in [6.45, 7) is 0.500. The molecule has 0 bridgehead atoms. The van der Waals surface area contributed by atoms with Crippen molar-refractivity contribution in [2.75, 3.05) is 18.4 Å². The van der Waals surface area contributed by atoms with Crippen LogP contribution in [0.5, 0.6) is 5.95 Å². The maximum absolute atomic E-state index is 10.4. The lowest BCUT2D eigenvalue weighted by atomic mass is 10.5. The zero-order valence-corrected chi connectivity index (χ0v) is 8.04. The van der Waals surface area contributed by atoms with E-state index in [4.69, 9.17) is 10.2 Å². The number of nitrogens with two attached hydrogens (primary N) is 1. The molecule has 0 saturated carbocycles. The first-order valence-electron chi connectivity index (χ1n) is 3.76. The normalized spacial score (nSPS) is 11.5. The van der Waals surface area contributed by atoms with Crippen molar-refractivity contribution in [2.45, 2.75) is 0 Å². The Bertz CT molecular complexity index is 386. The lowest BCUT2D eigenvalue weighted by Crippen LogP contribution is -2.34. The number of hydrogen-bond acceptors (Lipinski definition) is 5. The summed E-state index contributed by atoms with van der Waals surface area (Å²) in [5.41, 5.74) is 0.568. The molecule has 0 radical (unpaired) electrons. The second-order valence-electron chi connectivity index (χ2n) is 2.54. The van der Waals surface area contributed by atoms with Crippen LogP contribution in [0.25, 0.3) is 0 Å². The largest absolute Gasteiger partial charge is 0.481 e. The molecule has 7 nitrogen and oxygen atoms in total. The highest BCUT2D eigenvalue weighted by molar-refractivity contribution is 7.87. The molecule has 0 aliphatic rings. The average Bonchev–Trinajstić information content (AvgIpc) is 2.44. The fraction of sp³-hybridized carbons (Fsp3) is 0.333. The molecule has 0 aliphatic heterocycles. The maximum Gasteiger partial charge on any atom is 0.283 e. The van der Waals surface area contributed by atoms with Crippen molar-refractivity contribution in [3.8, 4) is 5.95 Å². The number of hydrogen-bond donors (Lipinski definition) is 4. The van der Waals surface area contributed by atoms with E-state index in [0.717, 1.165) is 0 Å². The van der Waals surface area contributed by atoms with Crippen molar-refractivity contribution in [2.24, 2.45) is 5.14 Å². The Morgan fingerprint density at radius 1 is 1.50 bits per heavy atom. The SMILES string of the molecule is NS(=O)(=O)NCCNc1coc(O)c1. The first kappa shape index (κ1) is 10.8. The number of aromatic hydroxyl groups is 1. The van der Waals surface area contributed by atoms with Crippen molar-refractivity contribution >= 4 is 15.9 Å². The average molecular weight is 221 g/mol. The van der Waals surface area contributed by atoms with Gasteiger partial charge in [-0.05, 0) is 0 Å². The molecule has 5 N–H and O–H groups in total. The zero-order chi connectivity index (χ0) is 10.6. The minimum absolute atomic E-state index is 0.158. The van der Waals surface area contributed by atoms with Crippen LogP contribution in [-0.2, 0) is 10.2 Å². The Hall–Kier alpha value is -1.25. The highest BCUT2D eigenvalue weighted by Gasteiger charge is 2.00. The summed E-state index contributed by atoms with van der Waals surface area (Å²) in [5, 5.41) is 16.3. The molecule has 1 aromatic heterocycles. The molecule has 0 aliphatic carbocycles. The Labute approximate surface area is 81.1 Å². The summed E-state index contributed by atoms with van der Waals surface area (Å²) < 4.78 is 27.5. The van der Waals surface area contributed by atoms with Crippen LogP contribution in [0.1, 0.15) is 0 Å². The molecular formula is C6H11N3O4S. The third kappa shape index (κ3) is 4.12. The molecule has 0 aromatic carbocycles. The number of nitrogens with one attached hydrogen (secondary N) is 2. The van der Waals surface area contributed by atoms with Gasteiger partial charge in [-0.1, -0.05) is 0 Å². The molecule has 1 rings (SSSR count). The molecule has 0 saturated heterocycles. The van der Waals surface area contributed by atoms with Gasteiger partial charge in [-0.2, -0.15) is 8.42 Å². The Morgan fingerprint density at radius 2 is 2.21 bits per heavy atom. The van der Waals surface area contributed by atoms with Gasteiger partial charge in [0.15, 0.2) is 0 Å². The van der Waals surface area contributed by atoms with Crippen LogP contribution in [0.15, 0.2) is 16.7 Å². The number of furan rings is 1. The van der Waals surface area contributed by atoms with E-state index in [-0.39, 0.29) is 12.5 Å². The summed E-state index contributed by atoms with van der Waals surface area (Å²) in [4.78, 5) is 0. The van der Waals surface area contributed by atoms with Gasteiger partial charge in [0.2, 0.25) is 0 Å². The van der Waals surface area contributed by atoms with E-state index in [1.807, 2.05) is 0 Å². The predicted octanol–water partition coefficient (Wildman–Crippen LogP) is -0.810. The van der Waals surface area contributed by atoms with Gasteiger partial charge in [0.1, 0.15) is 6.26 Å². The smallest absolute Gasteiger partial charge is 0.283 e. The van der Waals surface area contributed by atoms with Gasteiger partial charge in [-0.15, -0.1) is 0 Å². The van der Waals surface area contributed by atoms with Crippen molar-refractivity contribution in [1.29, 1.82) is 0 Å². The molecule has 0 amide bonds. The molecular weight excluding hydrogens is 210 g/mol. The fourth-order valence-corrected chi connectivity index (χ4v) is 1.20. The maximum atomic E-state index is 10.4. The van der Waals surface area contributed by atoms with Crippen LogP contribution in [-0.4, -0.2) is 26.6 Å². The standard InChI is InChI=1S/C6H11N3O4S/c7-14(11,12)9-2-1-8-5-3-6(10)13-4-5/h3-4,8-10H,1-2H2,(H2,7,11,12). The second kappa shape index (κ2) is 4.31. The second-order valence-corrected chi connectivity index (χ2v) is 3.92. The minimum atomic E-state index is -3.64. The molecule has 80 valence electrons. The van der Waals surface area contributed by atoms with Crippen molar-refractivity contribution in [3.63, 3.8) is 0 Å². The fourth-order valence-electron chi connectivity index (χ4n) is 0.818. The van der Waals surface area contributed by atoms with E-state index in [0.29, 0.717) is 12.2 Å².